The first-order valence-electron chi connectivity index (χ1n) is 8.02. The molecule has 25 heavy (non-hydrogen) atoms. The number of hydrogen-bond acceptors (Lipinski definition) is 4. The van der Waals surface area contributed by atoms with E-state index in [0.29, 0.717) is 23.6 Å². The number of aryl methyl sites for hydroxylation is 1. The highest BCUT2D eigenvalue weighted by molar-refractivity contribution is 6.30. The molecule has 2 aromatic carbocycles. The van der Waals surface area contributed by atoms with Crippen molar-refractivity contribution >= 4 is 29.2 Å². The zero-order valence-corrected chi connectivity index (χ0v) is 14.5. The van der Waals surface area contributed by atoms with Crippen LogP contribution in [0.1, 0.15) is 30.6 Å². The molecule has 1 unspecified atom stereocenters. The molecule has 3 rings (SSSR count). The molecule has 0 aromatic heterocycles. The molecule has 1 aliphatic heterocycles. The van der Waals surface area contributed by atoms with E-state index in [-0.39, 0.29) is 18.6 Å². The number of hydrogen-bond donors (Lipinski definition) is 1. The van der Waals surface area contributed by atoms with Crippen LogP contribution in [0.2, 0.25) is 5.02 Å². The van der Waals surface area contributed by atoms with E-state index in [9.17, 15) is 9.59 Å². The number of nitrogens with one attached hydrogen (secondary N) is 1. The molecule has 5 nitrogen and oxygen atoms in total. The van der Waals surface area contributed by atoms with Gasteiger partial charge in [0.25, 0.3) is 0 Å². The summed E-state index contributed by atoms with van der Waals surface area (Å²) in [4.78, 5) is 23.3. The Hall–Kier alpha value is -2.53. The Kier molecular flexibility index (Phi) is 5.24. The first-order chi connectivity index (χ1) is 12.0. The summed E-state index contributed by atoms with van der Waals surface area (Å²) in [5.74, 6) is 0.139. The van der Waals surface area contributed by atoms with Crippen molar-refractivity contribution in [1.29, 1.82) is 0 Å². The summed E-state index contributed by atoms with van der Waals surface area (Å²) in [5, 5.41) is 3.44. The van der Waals surface area contributed by atoms with Crippen LogP contribution >= 0.6 is 11.6 Å². The molecule has 0 saturated carbocycles. The van der Waals surface area contributed by atoms with Gasteiger partial charge in [-0.05, 0) is 54.8 Å². The molecule has 0 aliphatic carbocycles. The lowest BCUT2D eigenvalue weighted by Gasteiger charge is -2.18. The van der Waals surface area contributed by atoms with Crippen molar-refractivity contribution in [3.05, 3.63) is 58.6 Å². The lowest BCUT2D eigenvalue weighted by atomic mass is 10.0. The molecule has 1 aliphatic rings. The van der Waals surface area contributed by atoms with Gasteiger partial charge in [0.2, 0.25) is 5.91 Å². The molecule has 1 heterocycles. The van der Waals surface area contributed by atoms with Gasteiger partial charge >= 0.3 is 5.97 Å². The van der Waals surface area contributed by atoms with Gasteiger partial charge in [-0.2, -0.15) is 0 Å². The first-order valence-corrected chi connectivity index (χ1v) is 8.39. The van der Waals surface area contributed by atoms with Crippen LogP contribution in [0, 0.1) is 0 Å². The van der Waals surface area contributed by atoms with E-state index in [0.717, 1.165) is 16.8 Å². The van der Waals surface area contributed by atoms with Gasteiger partial charge in [0, 0.05) is 17.1 Å². The van der Waals surface area contributed by atoms with Crippen molar-refractivity contribution in [3.8, 4) is 5.75 Å². The number of carbonyl (C=O) groups excluding carboxylic acids is 2. The maximum Gasteiger partial charge on any atom is 0.344 e. The Labute approximate surface area is 150 Å². The van der Waals surface area contributed by atoms with Gasteiger partial charge in [0.15, 0.2) is 6.61 Å². The van der Waals surface area contributed by atoms with Crippen LogP contribution in [0.5, 0.6) is 5.75 Å². The summed E-state index contributed by atoms with van der Waals surface area (Å²) in [6.07, 6.45) is 0.736. The van der Waals surface area contributed by atoms with Gasteiger partial charge in [-0.3, -0.25) is 4.79 Å². The van der Waals surface area contributed by atoms with Crippen LogP contribution in [-0.2, 0) is 20.7 Å². The van der Waals surface area contributed by atoms with Gasteiger partial charge in [-0.15, -0.1) is 0 Å². The SMILES string of the molecule is CC(OC(=O)COc1ccc2c(c1)CCC(=O)N2)c1ccc(Cl)cc1. The predicted molar refractivity (Wildman–Crippen MR) is 94.8 cm³/mol. The van der Waals surface area contributed by atoms with E-state index < -0.39 is 5.97 Å². The Morgan fingerprint density at radius 2 is 1.96 bits per heavy atom. The summed E-state index contributed by atoms with van der Waals surface area (Å²) in [6.45, 7) is 1.62. The summed E-state index contributed by atoms with van der Waals surface area (Å²) in [7, 11) is 0. The molecule has 0 bridgehead atoms. The molecule has 130 valence electrons. The third-order valence-corrected chi connectivity index (χ3v) is 4.23. The summed E-state index contributed by atoms with van der Waals surface area (Å²) in [6, 6.07) is 12.5. The number of benzene rings is 2. The van der Waals surface area contributed by atoms with Gasteiger partial charge in [-0.1, -0.05) is 23.7 Å². The normalized spacial score (nSPS) is 14.2. The average molecular weight is 360 g/mol. The monoisotopic (exact) mass is 359 g/mol. The lowest BCUT2D eigenvalue weighted by molar-refractivity contribution is -0.151. The van der Waals surface area contributed by atoms with Gasteiger partial charge in [0.05, 0.1) is 0 Å². The minimum atomic E-state index is -0.450. The molecule has 0 saturated heterocycles. The maximum atomic E-state index is 12.0. The molecule has 1 N–H and O–H groups in total. The van der Waals surface area contributed by atoms with Crippen molar-refractivity contribution in [3.63, 3.8) is 0 Å². The molecule has 6 heteroatoms. The summed E-state index contributed by atoms with van der Waals surface area (Å²) >= 11 is 5.85. The second-order valence-corrected chi connectivity index (χ2v) is 6.28. The van der Waals surface area contributed by atoms with Gasteiger partial charge < -0.3 is 14.8 Å². The minimum Gasteiger partial charge on any atom is -0.482 e. The second kappa shape index (κ2) is 7.57. The largest absolute Gasteiger partial charge is 0.482 e. The quantitative estimate of drug-likeness (QED) is 0.822. The van der Waals surface area contributed by atoms with E-state index in [1.165, 1.54) is 0 Å². The number of fused-ring (bicyclic) bond motifs is 1. The third kappa shape index (κ3) is 4.51. The van der Waals surface area contributed by atoms with Crippen LogP contribution in [0.3, 0.4) is 0 Å². The Morgan fingerprint density at radius 3 is 2.72 bits per heavy atom. The number of esters is 1. The van der Waals surface area contributed by atoms with E-state index in [1.54, 1.807) is 31.2 Å². The fourth-order valence-electron chi connectivity index (χ4n) is 2.62. The van der Waals surface area contributed by atoms with Crippen molar-refractivity contribution in [1.82, 2.24) is 0 Å². The van der Waals surface area contributed by atoms with E-state index in [4.69, 9.17) is 21.1 Å². The number of ether oxygens (including phenoxy) is 2. The van der Waals surface area contributed by atoms with E-state index in [2.05, 4.69) is 5.32 Å². The summed E-state index contributed by atoms with van der Waals surface area (Å²) < 4.78 is 10.9. The molecule has 1 atom stereocenters. The number of halogens is 1. The molecule has 0 spiro atoms. The van der Waals surface area contributed by atoms with Gasteiger partial charge in [-0.25, -0.2) is 4.79 Å². The molecule has 2 aromatic rings. The highest BCUT2D eigenvalue weighted by atomic mass is 35.5. The Bertz CT molecular complexity index is 789. The fourth-order valence-corrected chi connectivity index (χ4v) is 2.75. The number of anilines is 1. The van der Waals surface area contributed by atoms with Crippen molar-refractivity contribution in [2.24, 2.45) is 0 Å². The standard InChI is InChI=1S/C19H18ClNO4/c1-12(13-2-5-15(20)6-3-13)25-19(23)11-24-16-7-8-17-14(10-16)4-9-18(22)21-17/h2-3,5-8,10,12H,4,9,11H2,1H3,(H,21,22). The van der Waals surface area contributed by atoms with Crippen LogP contribution < -0.4 is 10.1 Å². The van der Waals surface area contributed by atoms with Crippen molar-refractivity contribution < 1.29 is 19.1 Å². The van der Waals surface area contributed by atoms with E-state index >= 15 is 0 Å². The Morgan fingerprint density at radius 1 is 1.20 bits per heavy atom. The smallest absolute Gasteiger partial charge is 0.344 e. The van der Waals surface area contributed by atoms with E-state index in [1.807, 2.05) is 18.2 Å². The molecular weight excluding hydrogens is 342 g/mol. The van der Waals surface area contributed by atoms with Crippen LogP contribution in [-0.4, -0.2) is 18.5 Å². The molecule has 0 radical (unpaired) electrons. The van der Waals surface area contributed by atoms with Crippen molar-refractivity contribution in [2.45, 2.75) is 25.9 Å². The zero-order valence-electron chi connectivity index (χ0n) is 13.8. The summed E-state index contributed by atoms with van der Waals surface area (Å²) in [5.41, 5.74) is 2.66. The average Bonchev–Trinajstić information content (AvgIpc) is 2.60. The molecule has 1 amide bonds. The third-order valence-electron chi connectivity index (χ3n) is 3.98. The highest BCUT2D eigenvalue weighted by Gasteiger charge is 2.16. The van der Waals surface area contributed by atoms with Crippen LogP contribution in [0.4, 0.5) is 5.69 Å². The van der Waals surface area contributed by atoms with Crippen LogP contribution in [0.15, 0.2) is 42.5 Å². The first kappa shape index (κ1) is 17.3. The maximum absolute atomic E-state index is 12.0. The molecular formula is C19H18ClNO4. The van der Waals surface area contributed by atoms with Gasteiger partial charge in [0.1, 0.15) is 11.9 Å². The predicted octanol–water partition coefficient (Wildman–Crippen LogP) is 3.91. The number of carbonyl (C=O) groups is 2. The molecule has 0 fully saturated rings. The Balaban J connectivity index is 1.54. The second-order valence-electron chi connectivity index (χ2n) is 5.84. The fraction of sp³-hybridized carbons (Fsp3) is 0.263. The number of amides is 1. The highest BCUT2D eigenvalue weighted by Crippen LogP contribution is 2.27. The lowest BCUT2D eigenvalue weighted by Crippen LogP contribution is -2.19. The van der Waals surface area contributed by atoms with Crippen LogP contribution in [0.25, 0.3) is 0 Å². The topological polar surface area (TPSA) is 64.6 Å². The number of rotatable bonds is 5. The van der Waals surface area contributed by atoms with Crippen molar-refractivity contribution in [2.75, 3.05) is 11.9 Å². The zero-order chi connectivity index (χ0) is 17.8. The minimum absolute atomic E-state index is 0.0148.